The summed E-state index contributed by atoms with van der Waals surface area (Å²) < 4.78 is 32.9. The number of sulfonamides is 1. The summed E-state index contributed by atoms with van der Waals surface area (Å²) in [5, 5.41) is 0. The molecule has 0 amide bonds. The second-order valence-electron chi connectivity index (χ2n) is 5.44. The lowest BCUT2D eigenvalue weighted by Crippen LogP contribution is -2.39. The zero-order valence-corrected chi connectivity index (χ0v) is 14.2. The zero-order valence-electron chi connectivity index (χ0n) is 12.7. The van der Waals surface area contributed by atoms with Gasteiger partial charge in [0.2, 0.25) is 10.0 Å². The van der Waals surface area contributed by atoms with E-state index in [2.05, 4.69) is 0 Å². The van der Waals surface area contributed by atoms with E-state index in [1.807, 2.05) is 13.8 Å². The van der Waals surface area contributed by atoms with Gasteiger partial charge >= 0.3 is 0 Å². The molecule has 0 spiro atoms. The molecule has 0 saturated carbocycles. The van der Waals surface area contributed by atoms with Crippen molar-refractivity contribution in [3.05, 3.63) is 23.8 Å². The predicted octanol–water partition coefficient (Wildman–Crippen LogP) is 3.39. The smallest absolute Gasteiger partial charge is 0.247 e. The first-order valence-electron chi connectivity index (χ1n) is 7.22. The second-order valence-corrected chi connectivity index (χ2v) is 7.52. The van der Waals surface area contributed by atoms with E-state index in [4.69, 9.17) is 16.3 Å². The first-order valence-corrected chi connectivity index (χ1v) is 9.19. The van der Waals surface area contributed by atoms with Crippen LogP contribution in [-0.4, -0.2) is 31.9 Å². The molecule has 0 radical (unpaired) electrons. The van der Waals surface area contributed by atoms with Crippen LogP contribution in [-0.2, 0) is 15.9 Å². The number of methoxy groups -OCH3 is 1. The monoisotopic (exact) mass is 331 g/mol. The van der Waals surface area contributed by atoms with Crippen molar-refractivity contribution < 1.29 is 13.2 Å². The summed E-state index contributed by atoms with van der Waals surface area (Å²) in [5.74, 6) is 0.691. The Bertz CT molecular complexity index is 603. The van der Waals surface area contributed by atoms with Crippen LogP contribution in [0.15, 0.2) is 23.1 Å². The summed E-state index contributed by atoms with van der Waals surface area (Å²) in [5.41, 5.74) is 0.842. The lowest BCUT2D eigenvalue weighted by atomic mass is 10.2. The molecule has 1 aromatic rings. The van der Waals surface area contributed by atoms with E-state index < -0.39 is 10.0 Å². The van der Waals surface area contributed by atoms with Crippen LogP contribution >= 0.6 is 11.6 Å². The van der Waals surface area contributed by atoms with E-state index in [0.717, 1.165) is 24.8 Å². The summed E-state index contributed by atoms with van der Waals surface area (Å²) in [6.07, 6.45) is 2.64. The molecule has 118 valence electrons. The van der Waals surface area contributed by atoms with Gasteiger partial charge in [0, 0.05) is 18.0 Å². The number of nitrogens with zero attached hydrogens (tertiary/aromatic N) is 1. The summed E-state index contributed by atoms with van der Waals surface area (Å²) in [6, 6.07) is 5.13. The van der Waals surface area contributed by atoms with Crippen molar-refractivity contribution in [1.29, 1.82) is 0 Å². The molecule has 1 saturated heterocycles. The Morgan fingerprint density at radius 1 is 1.38 bits per heavy atom. The van der Waals surface area contributed by atoms with Gasteiger partial charge < -0.3 is 4.74 Å². The minimum Gasteiger partial charge on any atom is -0.495 e. The standard InChI is InChI=1S/C15H22ClNO3S/c1-4-13-7-5-11(2)17(13)21(18,19)15-8-6-12(10-16)9-14(15)20-3/h6,8-9,11,13H,4-5,7,10H2,1-3H3. The number of benzene rings is 1. The molecule has 4 nitrogen and oxygen atoms in total. The highest BCUT2D eigenvalue weighted by Crippen LogP contribution is 2.36. The van der Waals surface area contributed by atoms with Crippen molar-refractivity contribution in [2.45, 2.75) is 56.0 Å². The number of alkyl halides is 1. The van der Waals surface area contributed by atoms with Crippen LogP contribution in [0.25, 0.3) is 0 Å². The molecule has 2 atom stereocenters. The van der Waals surface area contributed by atoms with Crippen LogP contribution in [0, 0.1) is 0 Å². The Morgan fingerprint density at radius 2 is 2.10 bits per heavy atom. The van der Waals surface area contributed by atoms with Gasteiger partial charge in [-0.2, -0.15) is 4.31 Å². The highest BCUT2D eigenvalue weighted by Gasteiger charge is 2.40. The number of hydrogen-bond acceptors (Lipinski definition) is 3. The molecular formula is C15H22ClNO3S. The van der Waals surface area contributed by atoms with E-state index in [9.17, 15) is 8.42 Å². The maximum absolute atomic E-state index is 13.0. The number of halogens is 1. The Hall–Kier alpha value is -0.780. The lowest BCUT2D eigenvalue weighted by Gasteiger charge is -2.27. The Balaban J connectivity index is 2.48. The van der Waals surface area contributed by atoms with Crippen LogP contribution in [0.1, 0.15) is 38.7 Å². The van der Waals surface area contributed by atoms with Gasteiger partial charge in [0.1, 0.15) is 10.6 Å². The van der Waals surface area contributed by atoms with Gasteiger partial charge in [-0.25, -0.2) is 8.42 Å². The number of ether oxygens (including phenoxy) is 1. The Morgan fingerprint density at radius 3 is 2.67 bits per heavy atom. The average molecular weight is 332 g/mol. The fourth-order valence-electron chi connectivity index (χ4n) is 2.99. The van der Waals surface area contributed by atoms with Gasteiger partial charge in [0.05, 0.1) is 7.11 Å². The van der Waals surface area contributed by atoms with Gasteiger partial charge in [-0.15, -0.1) is 11.6 Å². The van der Waals surface area contributed by atoms with Crippen molar-refractivity contribution in [3.8, 4) is 5.75 Å². The van der Waals surface area contributed by atoms with Crippen LogP contribution in [0.5, 0.6) is 5.75 Å². The zero-order chi connectivity index (χ0) is 15.6. The Kier molecular flexibility index (Phi) is 5.17. The van der Waals surface area contributed by atoms with Crippen LogP contribution in [0.2, 0.25) is 0 Å². The van der Waals surface area contributed by atoms with Crippen LogP contribution in [0.3, 0.4) is 0 Å². The van der Waals surface area contributed by atoms with Gasteiger partial charge in [-0.1, -0.05) is 13.0 Å². The first kappa shape index (κ1) is 16.6. The van der Waals surface area contributed by atoms with E-state index in [0.29, 0.717) is 11.6 Å². The van der Waals surface area contributed by atoms with E-state index in [1.165, 1.54) is 7.11 Å². The molecule has 1 aliphatic rings. The van der Waals surface area contributed by atoms with Crippen molar-refractivity contribution in [2.24, 2.45) is 0 Å². The minimum absolute atomic E-state index is 0.0253. The highest BCUT2D eigenvalue weighted by molar-refractivity contribution is 7.89. The third-order valence-electron chi connectivity index (χ3n) is 4.12. The third kappa shape index (κ3) is 3.05. The molecular weight excluding hydrogens is 310 g/mol. The quantitative estimate of drug-likeness (QED) is 0.777. The van der Waals surface area contributed by atoms with Gasteiger partial charge in [-0.3, -0.25) is 0 Å². The fraction of sp³-hybridized carbons (Fsp3) is 0.600. The Labute approximate surface area is 132 Å². The van der Waals surface area contributed by atoms with Crippen LogP contribution in [0.4, 0.5) is 0 Å². The maximum Gasteiger partial charge on any atom is 0.247 e. The largest absolute Gasteiger partial charge is 0.495 e. The van der Waals surface area contributed by atoms with E-state index in [1.54, 1.807) is 22.5 Å². The maximum atomic E-state index is 13.0. The highest BCUT2D eigenvalue weighted by atomic mass is 35.5. The molecule has 0 aliphatic carbocycles. The van der Waals surface area contributed by atoms with E-state index in [-0.39, 0.29) is 17.0 Å². The molecule has 21 heavy (non-hydrogen) atoms. The third-order valence-corrected chi connectivity index (χ3v) is 6.54. The minimum atomic E-state index is -3.55. The van der Waals surface area contributed by atoms with Gasteiger partial charge in [0.25, 0.3) is 0 Å². The van der Waals surface area contributed by atoms with Crippen molar-refractivity contribution in [2.75, 3.05) is 7.11 Å². The van der Waals surface area contributed by atoms with Crippen LogP contribution < -0.4 is 4.74 Å². The number of rotatable bonds is 5. The second kappa shape index (κ2) is 6.55. The van der Waals surface area contributed by atoms with E-state index >= 15 is 0 Å². The predicted molar refractivity (Wildman–Crippen MR) is 84.4 cm³/mol. The summed E-state index contributed by atoms with van der Waals surface area (Å²) in [6.45, 7) is 3.99. The topological polar surface area (TPSA) is 46.6 Å². The summed E-state index contributed by atoms with van der Waals surface area (Å²) in [7, 11) is -2.07. The first-order chi connectivity index (χ1) is 9.95. The molecule has 0 aromatic heterocycles. The summed E-state index contributed by atoms with van der Waals surface area (Å²) >= 11 is 5.80. The molecule has 0 N–H and O–H groups in total. The molecule has 6 heteroatoms. The average Bonchev–Trinajstić information content (AvgIpc) is 2.88. The molecule has 2 unspecified atom stereocenters. The molecule has 1 aromatic carbocycles. The SMILES string of the molecule is CCC1CCC(C)N1S(=O)(=O)c1ccc(CCl)cc1OC. The van der Waals surface area contributed by atoms with Crippen molar-refractivity contribution in [1.82, 2.24) is 4.31 Å². The molecule has 1 aliphatic heterocycles. The molecule has 1 fully saturated rings. The van der Waals surface area contributed by atoms with Crippen molar-refractivity contribution >= 4 is 21.6 Å². The normalized spacial score (nSPS) is 23.4. The van der Waals surface area contributed by atoms with Crippen molar-refractivity contribution in [3.63, 3.8) is 0 Å². The molecule has 0 bridgehead atoms. The van der Waals surface area contributed by atoms with Gasteiger partial charge in [-0.05, 0) is 43.9 Å². The van der Waals surface area contributed by atoms with Gasteiger partial charge in [0.15, 0.2) is 0 Å². The molecule has 1 heterocycles. The summed E-state index contributed by atoms with van der Waals surface area (Å²) in [4.78, 5) is 0.228. The lowest BCUT2D eigenvalue weighted by molar-refractivity contribution is 0.325. The fourth-order valence-corrected chi connectivity index (χ4v) is 5.24. The number of hydrogen-bond donors (Lipinski definition) is 0. The molecule has 2 rings (SSSR count).